The number of rotatable bonds is 5. The van der Waals surface area contributed by atoms with E-state index in [4.69, 9.17) is 4.74 Å². The summed E-state index contributed by atoms with van der Waals surface area (Å²) in [5.74, 6) is 0.743. The van der Waals surface area contributed by atoms with Gasteiger partial charge in [0.05, 0.1) is 0 Å². The number of hydrogen-bond acceptors (Lipinski definition) is 2. The van der Waals surface area contributed by atoms with Crippen LogP contribution in [-0.4, -0.2) is 17.0 Å². The average molecular weight is 307 g/mol. The van der Waals surface area contributed by atoms with Crippen LogP contribution < -0.4 is 4.74 Å². The van der Waals surface area contributed by atoms with Crippen LogP contribution in [0.25, 0.3) is 10.9 Å². The highest BCUT2D eigenvalue weighted by atomic mass is 16.5. The van der Waals surface area contributed by atoms with E-state index in [0.717, 1.165) is 34.3 Å². The van der Waals surface area contributed by atoms with Crippen LogP contribution in [0.4, 0.5) is 0 Å². The van der Waals surface area contributed by atoms with E-state index in [0.29, 0.717) is 0 Å². The third kappa shape index (κ3) is 3.00. The Morgan fingerprint density at radius 1 is 1.09 bits per heavy atom. The van der Waals surface area contributed by atoms with Crippen molar-refractivity contribution in [2.45, 2.75) is 27.3 Å². The lowest BCUT2D eigenvalue weighted by atomic mass is 10.1. The molecule has 1 aromatic heterocycles. The molecule has 0 spiro atoms. The lowest BCUT2D eigenvalue weighted by molar-refractivity contribution is 0.0923. The van der Waals surface area contributed by atoms with E-state index in [2.05, 4.69) is 18.4 Å². The van der Waals surface area contributed by atoms with E-state index in [-0.39, 0.29) is 12.4 Å². The Bertz CT molecular complexity index is 861. The summed E-state index contributed by atoms with van der Waals surface area (Å²) in [5, 5.41) is 0.989. The van der Waals surface area contributed by atoms with Crippen LogP contribution in [0.3, 0.4) is 0 Å². The molecule has 0 saturated heterocycles. The Balaban J connectivity index is 1.82. The molecule has 0 unspecified atom stereocenters. The first-order valence-corrected chi connectivity index (χ1v) is 7.91. The number of aryl methyl sites for hydroxylation is 3. The fourth-order valence-corrected chi connectivity index (χ4v) is 2.76. The first-order valence-electron chi connectivity index (χ1n) is 7.91. The number of fused-ring (bicyclic) bond motifs is 1. The van der Waals surface area contributed by atoms with Gasteiger partial charge in [-0.2, -0.15) is 0 Å². The van der Waals surface area contributed by atoms with Gasteiger partial charge in [-0.15, -0.1) is 0 Å². The van der Waals surface area contributed by atoms with Gasteiger partial charge in [0.25, 0.3) is 0 Å². The maximum Gasteiger partial charge on any atom is 0.202 e. The summed E-state index contributed by atoms with van der Waals surface area (Å²) in [7, 11) is 0. The molecule has 23 heavy (non-hydrogen) atoms. The quantitative estimate of drug-likeness (QED) is 0.648. The van der Waals surface area contributed by atoms with Crippen LogP contribution in [0.2, 0.25) is 0 Å². The minimum absolute atomic E-state index is 0.00614. The van der Waals surface area contributed by atoms with Gasteiger partial charge in [-0.1, -0.05) is 24.3 Å². The highest BCUT2D eigenvalue weighted by molar-refractivity contribution is 6.08. The molecule has 0 N–H and O–H groups in total. The molecule has 0 aliphatic rings. The minimum atomic E-state index is 0.00614. The molecule has 2 aromatic carbocycles. The van der Waals surface area contributed by atoms with Crippen molar-refractivity contribution in [2.75, 3.05) is 6.61 Å². The second kappa shape index (κ2) is 6.29. The number of hydrogen-bond donors (Lipinski definition) is 0. The maximum atomic E-state index is 12.6. The van der Waals surface area contributed by atoms with E-state index in [1.54, 1.807) is 0 Å². The van der Waals surface area contributed by atoms with Gasteiger partial charge in [0.1, 0.15) is 5.75 Å². The fraction of sp³-hybridized carbons (Fsp3) is 0.250. The molecule has 0 bridgehead atoms. The van der Waals surface area contributed by atoms with E-state index >= 15 is 0 Å². The van der Waals surface area contributed by atoms with Crippen molar-refractivity contribution in [1.82, 2.24) is 4.57 Å². The van der Waals surface area contributed by atoms with Crippen LogP contribution >= 0.6 is 0 Å². The van der Waals surface area contributed by atoms with Crippen molar-refractivity contribution in [3.05, 3.63) is 65.4 Å². The zero-order chi connectivity index (χ0) is 16.4. The molecule has 1 heterocycles. The van der Waals surface area contributed by atoms with Crippen molar-refractivity contribution in [2.24, 2.45) is 0 Å². The van der Waals surface area contributed by atoms with Gasteiger partial charge in [0.2, 0.25) is 5.78 Å². The summed E-state index contributed by atoms with van der Waals surface area (Å²) in [6.45, 7) is 7.07. The molecule has 0 aliphatic heterocycles. The van der Waals surface area contributed by atoms with Gasteiger partial charge >= 0.3 is 0 Å². The molecule has 3 aromatic rings. The molecule has 0 aliphatic carbocycles. The molecule has 3 rings (SSSR count). The number of aromatic nitrogens is 1. The Labute approximate surface area is 136 Å². The summed E-state index contributed by atoms with van der Waals surface area (Å²) in [4.78, 5) is 12.6. The Morgan fingerprint density at radius 2 is 1.87 bits per heavy atom. The second-order valence-corrected chi connectivity index (χ2v) is 5.80. The monoisotopic (exact) mass is 307 g/mol. The van der Waals surface area contributed by atoms with Crippen molar-refractivity contribution in [1.29, 1.82) is 0 Å². The normalized spacial score (nSPS) is 10.9. The number of carbonyl (C=O) groups excluding carboxylic acids is 1. The topological polar surface area (TPSA) is 31.2 Å². The molecule has 118 valence electrons. The van der Waals surface area contributed by atoms with Gasteiger partial charge < -0.3 is 9.30 Å². The molecule has 0 radical (unpaired) electrons. The summed E-state index contributed by atoms with van der Waals surface area (Å²) < 4.78 is 7.79. The van der Waals surface area contributed by atoms with E-state index < -0.39 is 0 Å². The Morgan fingerprint density at radius 3 is 2.61 bits per heavy atom. The van der Waals surface area contributed by atoms with Crippen molar-refractivity contribution >= 4 is 16.7 Å². The smallest absolute Gasteiger partial charge is 0.202 e. The Hall–Kier alpha value is -2.55. The van der Waals surface area contributed by atoms with Crippen LogP contribution in [0.5, 0.6) is 5.75 Å². The van der Waals surface area contributed by atoms with Crippen LogP contribution in [0, 0.1) is 13.8 Å². The van der Waals surface area contributed by atoms with Gasteiger partial charge in [-0.25, -0.2) is 0 Å². The number of nitrogens with zero attached hydrogens (tertiary/aromatic N) is 1. The van der Waals surface area contributed by atoms with Crippen molar-refractivity contribution in [3.8, 4) is 5.75 Å². The zero-order valence-electron chi connectivity index (χ0n) is 13.8. The zero-order valence-corrected chi connectivity index (χ0v) is 13.8. The number of Topliss-reactive ketones (excluding diaryl/α,β-unsaturated/α-hetero) is 1. The van der Waals surface area contributed by atoms with Crippen LogP contribution in [0.15, 0.2) is 48.7 Å². The lowest BCUT2D eigenvalue weighted by Gasteiger charge is -2.07. The number of benzene rings is 2. The second-order valence-electron chi connectivity index (χ2n) is 5.80. The largest absolute Gasteiger partial charge is 0.485 e. The molecular formula is C20H21NO2. The summed E-state index contributed by atoms with van der Waals surface area (Å²) >= 11 is 0. The summed E-state index contributed by atoms with van der Waals surface area (Å²) in [6, 6.07) is 13.9. The molecule has 0 fully saturated rings. The molecule has 3 heteroatoms. The third-order valence-corrected chi connectivity index (χ3v) is 4.28. The predicted molar refractivity (Wildman–Crippen MR) is 93.4 cm³/mol. The maximum absolute atomic E-state index is 12.6. The van der Waals surface area contributed by atoms with Gasteiger partial charge in [0.15, 0.2) is 6.61 Å². The summed E-state index contributed by atoms with van der Waals surface area (Å²) in [6.07, 6.45) is 1.93. The first-order chi connectivity index (χ1) is 11.1. The van der Waals surface area contributed by atoms with Gasteiger partial charge in [-0.05, 0) is 50.1 Å². The highest BCUT2D eigenvalue weighted by Gasteiger charge is 2.15. The Kier molecular flexibility index (Phi) is 4.20. The molecule has 0 atom stereocenters. The molecule has 0 amide bonds. The molecule has 3 nitrogen and oxygen atoms in total. The average Bonchev–Trinajstić information content (AvgIpc) is 2.94. The lowest BCUT2D eigenvalue weighted by Crippen LogP contribution is -2.11. The molecular weight excluding hydrogens is 286 g/mol. The SMILES string of the molecule is CCn1cc(C(=O)COc2ccc(C)c(C)c2)c2ccccc21. The van der Waals surface area contributed by atoms with E-state index in [1.165, 1.54) is 5.56 Å². The van der Waals surface area contributed by atoms with E-state index in [1.807, 2.05) is 55.6 Å². The van der Waals surface area contributed by atoms with Crippen LogP contribution in [0.1, 0.15) is 28.4 Å². The minimum Gasteiger partial charge on any atom is -0.485 e. The number of ketones is 1. The van der Waals surface area contributed by atoms with E-state index in [9.17, 15) is 4.79 Å². The number of carbonyl (C=O) groups is 1. The van der Waals surface area contributed by atoms with Crippen LogP contribution in [-0.2, 0) is 6.54 Å². The fourth-order valence-electron chi connectivity index (χ4n) is 2.76. The number of ether oxygens (including phenoxy) is 1. The molecule has 0 saturated carbocycles. The summed E-state index contributed by atoms with van der Waals surface area (Å²) in [5.41, 5.74) is 4.20. The van der Waals surface area contributed by atoms with Crippen molar-refractivity contribution in [3.63, 3.8) is 0 Å². The number of para-hydroxylation sites is 1. The van der Waals surface area contributed by atoms with Gasteiger partial charge in [-0.3, -0.25) is 4.79 Å². The highest BCUT2D eigenvalue weighted by Crippen LogP contribution is 2.22. The van der Waals surface area contributed by atoms with Crippen molar-refractivity contribution < 1.29 is 9.53 Å². The van der Waals surface area contributed by atoms with Gasteiger partial charge in [0, 0.05) is 29.2 Å². The predicted octanol–water partition coefficient (Wildman–Crippen LogP) is 4.54. The standard InChI is InChI=1S/C20H21NO2/c1-4-21-12-18(17-7-5-6-8-19(17)21)20(22)13-23-16-10-9-14(2)15(3)11-16/h5-12H,4,13H2,1-3H3. The third-order valence-electron chi connectivity index (χ3n) is 4.28. The first kappa shape index (κ1) is 15.3.